The van der Waals surface area contributed by atoms with Gasteiger partial charge in [-0.1, -0.05) is 29.3 Å². The summed E-state index contributed by atoms with van der Waals surface area (Å²) in [6, 6.07) is 10.0. The van der Waals surface area contributed by atoms with Crippen molar-refractivity contribution in [1.82, 2.24) is 5.32 Å². The predicted molar refractivity (Wildman–Crippen MR) is 105 cm³/mol. The number of aromatic hydroxyl groups is 1. The lowest BCUT2D eigenvalue weighted by atomic mass is 9.74. The van der Waals surface area contributed by atoms with Crippen LogP contribution in [0, 0.1) is 0 Å². The molecule has 0 aliphatic carbocycles. The van der Waals surface area contributed by atoms with Gasteiger partial charge in [-0.05, 0) is 42.7 Å². The summed E-state index contributed by atoms with van der Waals surface area (Å²) in [5.74, 6) is 0.00130. The fraction of sp³-hybridized carbons (Fsp3) is 0.350. The number of phenols is 1. The second-order valence-corrected chi connectivity index (χ2v) is 7.43. The Morgan fingerprint density at radius 1 is 1.22 bits per heavy atom. The Balaban J connectivity index is 1.82. The maximum atomic E-state index is 12.6. The average molecular weight is 410 g/mol. The number of nitrogens with one attached hydrogen (secondary N) is 1. The summed E-state index contributed by atoms with van der Waals surface area (Å²) in [4.78, 5) is 12.6. The molecule has 1 heterocycles. The van der Waals surface area contributed by atoms with E-state index < -0.39 is 0 Å². The Morgan fingerprint density at radius 2 is 1.96 bits per heavy atom. The lowest BCUT2D eigenvalue weighted by molar-refractivity contribution is 0.0487. The molecule has 1 fully saturated rings. The maximum absolute atomic E-state index is 12.6. The van der Waals surface area contributed by atoms with E-state index in [0.717, 1.165) is 18.4 Å². The monoisotopic (exact) mass is 409 g/mol. The highest BCUT2D eigenvalue weighted by Crippen LogP contribution is 2.39. The summed E-state index contributed by atoms with van der Waals surface area (Å²) < 4.78 is 10.6. The number of methoxy groups -OCH3 is 1. The standard InChI is InChI=1S/C20H21Cl2NO4/c1-26-14-3-4-15(18(24)11-14)19(25)23-12-20(6-8-27-9-7-20)16-5-2-13(21)10-17(16)22/h2-5,10-11,24H,6-9,12H2,1H3,(H,23,25). The van der Waals surface area contributed by atoms with E-state index in [1.54, 1.807) is 18.2 Å². The van der Waals surface area contributed by atoms with E-state index in [-0.39, 0.29) is 22.6 Å². The number of carbonyl (C=O) groups is 1. The minimum Gasteiger partial charge on any atom is -0.507 e. The van der Waals surface area contributed by atoms with Gasteiger partial charge in [0.2, 0.25) is 0 Å². The van der Waals surface area contributed by atoms with Gasteiger partial charge in [-0.25, -0.2) is 0 Å². The normalized spacial score (nSPS) is 16.0. The van der Waals surface area contributed by atoms with Gasteiger partial charge in [0.15, 0.2) is 0 Å². The molecule has 2 aromatic carbocycles. The van der Waals surface area contributed by atoms with Crippen molar-refractivity contribution in [2.45, 2.75) is 18.3 Å². The number of hydrogen-bond donors (Lipinski definition) is 2. The molecule has 144 valence electrons. The molecule has 1 aliphatic rings. The van der Waals surface area contributed by atoms with E-state index in [1.165, 1.54) is 19.2 Å². The van der Waals surface area contributed by atoms with Crippen LogP contribution in [0.3, 0.4) is 0 Å². The summed E-state index contributed by atoms with van der Waals surface area (Å²) in [7, 11) is 1.50. The molecular formula is C20H21Cl2NO4. The minimum absolute atomic E-state index is 0.127. The van der Waals surface area contributed by atoms with Gasteiger partial charge in [0.25, 0.3) is 5.91 Å². The Bertz CT molecular complexity index is 835. The molecule has 1 aliphatic heterocycles. The number of carbonyl (C=O) groups excluding carboxylic acids is 1. The smallest absolute Gasteiger partial charge is 0.255 e. The van der Waals surface area contributed by atoms with Crippen molar-refractivity contribution in [3.8, 4) is 11.5 Å². The van der Waals surface area contributed by atoms with Gasteiger partial charge >= 0.3 is 0 Å². The van der Waals surface area contributed by atoms with Crippen molar-refractivity contribution in [2.75, 3.05) is 26.9 Å². The Hall–Kier alpha value is -1.95. The van der Waals surface area contributed by atoms with Crippen molar-refractivity contribution >= 4 is 29.1 Å². The second-order valence-electron chi connectivity index (χ2n) is 6.58. The molecule has 0 radical (unpaired) electrons. The Morgan fingerprint density at radius 3 is 2.59 bits per heavy atom. The summed E-state index contributed by atoms with van der Waals surface area (Å²) in [6.07, 6.45) is 1.45. The quantitative estimate of drug-likeness (QED) is 0.776. The molecule has 0 spiro atoms. The maximum Gasteiger partial charge on any atom is 0.255 e. The molecule has 0 unspecified atom stereocenters. The first-order chi connectivity index (χ1) is 12.9. The molecule has 2 N–H and O–H groups in total. The highest BCUT2D eigenvalue weighted by molar-refractivity contribution is 6.35. The third-order valence-electron chi connectivity index (χ3n) is 4.99. The minimum atomic E-state index is -0.355. The molecule has 0 saturated carbocycles. The van der Waals surface area contributed by atoms with Gasteiger partial charge in [0.1, 0.15) is 11.5 Å². The third-order valence-corrected chi connectivity index (χ3v) is 5.54. The average Bonchev–Trinajstić information content (AvgIpc) is 2.66. The van der Waals surface area contributed by atoms with E-state index in [0.29, 0.717) is 35.6 Å². The third kappa shape index (κ3) is 4.32. The molecule has 0 aromatic heterocycles. The number of halogens is 2. The van der Waals surface area contributed by atoms with Crippen molar-refractivity contribution in [3.05, 3.63) is 57.6 Å². The SMILES string of the molecule is COc1ccc(C(=O)NCC2(c3ccc(Cl)cc3Cl)CCOCC2)c(O)c1. The van der Waals surface area contributed by atoms with Crippen LogP contribution in [0.2, 0.25) is 10.0 Å². The van der Waals surface area contributed by atoms with E-state index >= 15 is 0 Å². The number of ether oxygens (including phenoxy) is 2. The van der Waals surface area contributed by atoms with Crippen LogP contribution in [0.25, 0.3) is 0 Å². The van der Waals surface area contributed by atoms with Gasteiger partial charge in [-0.3, -0.25) is 4.79 Å². The number of benzene rings is 2. The number of hydrogen-bond acceptors (Lipinski definition) is 4. The molecule has 2 aromatic rings. The van der Waals surface area contributed by atoms with Crippen LogP contribution in [0.5, 0.6) is 11.5 Å². The van der Waals surface area contributed by atoms with Crippen molar-refractivity contribution in [2.24, 2.45) is 0 Å². The van der Waals surface area contributed by atoms with Gasteiger partial charge in [0, 0.05) is 41.3 Å². The van der Waals surface area contributed by atoms with Crippen LogP contribution in [-0.2, 0) is 10.2 Å². The fourth-order valence-electron chi connectivity index (χ4n) is 3.40. The van der Waals surface area contributed by atoms with Gasteiger partial charge < -0.3 is 19.9 Å². The molecule has 0 atom stereocenters. The highest BCUT2D eigenvalue weighted by Gasteiger charge is 2.36. The van der Waals surface area contributed by atoms with Crippen molar-refractivity contribution in [1.29, 1.82) is 0 Å². The summed E-state index contributed by atoms with van der Waals surface area (Å²) in [5, 5.41) is 14.2. The lowest BCUT2D eigenvalue weighted by Crippen LogP contribution is -2.44. The topological polar surface area (TPSA) is 67.8 Å². The zero-order chi connectivity index (χ0) is 19.4. The van der Waals surface area contributed by atoms with E-state index in [2.05, 4.69) is 5.32 Å². The highest BCUT2D eigenvalue weighted by atomic mass is 35.5. The Labute approximate surface area is 168 Å². The Kier molecular flexibility index (Phi) is 6.15. The van der Waals surface area contributed by atoms with Gasteiger partial charge in [-0.15, -0.1) is 0 Å². The van der Waals surface area contributed by atoms with Crippen molar-refractivity contribution < 1.29 is 19.4 Å². The predicted octanol–water partition coefficient (Wildman–Crippen LogP) is 4.19. The molecule has 27 heavy (non-hydrogen) atoms. The molecule has 5 nitrogen and oxygen atoms in total. The summed E-state index contributed by atoms with van der Waals surface area (Å²) in [6.45, 7) is 1.55. The number of amides is 1. The molecular weight excluding hydrogens is 389 g/mol. The van der Waals surface area contributed by atoms with E-state index in [9.17, 15) is 9.90 Å². The fourth-order valence-corrected chi connectivity index (χ4v) is 4.01. The largest absolute Gasteiger partial charge is 0.507 e. The first-order valence-corrected chi connectivity index (χ1v) is 9.39. The van der Waals surface area contributed by atoms with Gasteiger partial charge in [0.05, 0.1) is 12.7 Å². The van der Waals surface area contributed by atoms with Crippen LogP contribution in [0.4, 0.5) is 0 Å². The second kappa shape index (κ2) is 8.38. The van der Waals surface area contributed by atoms with E-state index in [4.69, 9.17) is 32.7 Å². The number of phenolic OH excluding ortho intramolecular Hbond substituents is 1. The van der Waals surface area contributed by atoms with Crippen LogP contribution in [0.1, 0.15) is 28.8 Å². The van der Waals surface area contributed by atoms with Crippen LogP contribution < -0.4 is 10.1 Å². The number of rotatable bonds is 5. The molecule has 1 saturated heterocycles. The lowest BCUT2D eigenvalue weighted by Gasteiger charge is -2.38. The zero-order valence-electron chi connectivity index (χ0n) is 14.9. The molecule has 0 bridgehead atoms. The van der Waals surface area contributed by atoms with Crippen molar-refractivity contribution in [3.63, 3.8) is 0 Å². The first kappa shape index (κ1) is 19.8. The zero-order valence-corrected chi connectivity index (χ0v) is 16.4. The van der Waals surface area contributed by atoms with E-state index in [1.807, 2.05) is 6.07 Å². The van der Waals surface area contributed by atoms with Crippen LogP contribution in [0.15, 0.2) is 36.4 Å². The molecule has 7 heteroatoms. The molecule has 1 amide bonds. The summed E-state index contributed by atoms with van der Waals surface area (Å²) >= 11 is 12.5. The summed E-state index contributed by atoms with van der Waals surface area (Å²) in [5.41, 5.74) is 0.786. The van der Waals surface area contributed by atoms with Crippen LogP contribution >= 0.6 is 23.2 Å². The van der Waals surface area contributed by atoms with Crippen LogP contribution in [-0.4, -0.2) is 37.9 Å². The molecule has 3 rings (SSSR count). The first-order valence-electron chi connectivity index (χ1n) is 8.64. The van der Waals surface area contributed by atoms with Gasteiger partial charge in [-0.2, -0.15) is 0 Å².